The third-order valence-corrected chi connectivity index (χ3v) is 3.91. The Morgan fingerprint density at radius 1 is 1.32 bits per heavy atom. The lowest BCUT2D eigenvalue weighted by Gasteiger charge is -2.22. The Kier molecular flexibility index (Phi) is 6.17. The maximum absolute atomic E-state index is 10.6. The van der Waals surface area contributed by atoms with Gasteiger partial charge in [0.25, 0.3) is 0 Å². The second-order valence-corrected chi connectivity index (χ2v) is 6.30. The normalized spacial score (nSPS) is 12.0. The molecule has 1 heterocycles. The molecule has 0 aliphatic heterocycles. The molecular weight excluding hydrogens is 348 g/mol. The first-order chi connectivity index (χ1) is 11.8. The van der Waals surface area contributed by atoms with Crippen LogP contribution in [0.3, 0.4) is 0 Å². The SMILES string of the molecule is CCN(CCOS(=O)(=O)O)c1ccc(/N=N\c2n(C)cn[n+]2C)cc1. The van der Waals surface area contributed by atoms with Crippen LogP contribution in [0, 0.1) is 0 Å². The Morgan fingerprint density at radius 3 is 2.52 bits per heavy atom. The predicted octanol–water partition coefficient (Wildman–Crippen LogP) is 1.31. The number of nitrogens with zero attached hydrogens (tertiary/aromatic N) is 6. The predicted molar refractivity (Wildman–Crippen MR) is 90.4 cm³/mol. The summed E-state index contributed by atoms with van der Waals surface area (Å²) < 4.78 is 37.5. The third-order valence-electron chi connectivity index (χ3n) is 3.45. The highest BCUT2D eigenvalue weighted by atomic mass is 32.3. The van der Waals surface area contributed by atoms with Crippen molar-refractivity contribution >= 4 is 27.7 Å². The van der Waals surface area contributed by atoms with Gasteiger partial charge in [0.15, 0.2) is 6.33 Å². The van der Waals surface area contributed by atoms with Gasteiger partial charge in [-0.05, 0) is 31.2 Å². The maximum Gasteiger partial charge on any atom is 0.441 e. The molecule has 0 fully saturated rings. The average molecular weight is 369 g/mol. The van der Waals surface area contributed by atoms with Gasteiger partial charge in [0.05, 0.1) is 20.7 Å². The standard InChI is InChI=1S/C14H20N6O4S/c1-4-20(9-10-24-25(21,22)23)13-7-5-12(6-8-13)16-17-14-18(2)11-15-19(14)3/h5-8,11H,4,9-10H2,1-3H3/p+1. The van der Waals surface area contributed by atoms with Gasteiger partial charge in [-0.3, -0.25) is 4.55 Å². The van der Waals surface area contributed by atoms with Gasteiger partial charge in [-0.2, -0.15) is 8.42 Å². The van der Waals surface area contributed by atoms with Gasteiger partial charge in [0, 0.05) is 23.9 Å². The summed E-state index contributed by atoms with van der Waals surface area (Å²) in [4.78, 5) is 1.91. The smallest absolute Gasteiger partial charge is 0.369 e. The average Bonchev–Trinajstić information content (AvgIpc) is 2.88. The number of likely N-dealkylation sites (N-methyl/N-ethyl adjacent to an activating group) is 1. The van der Waals surface area contributed by atoms with E-state index in [2.05, 4.69) is 19.5 Å². The second kappa shape index (κ2) is 8.14. The molecule has 0 unspecified atom stereocenters. The minimum Gasteiger partial charge on any atom is -0.369 e. The van der Waals surface area contributed by atoms with Crippen molar-refractivity contribution in [3.63, 3.8) is 0 Å². The Bertz CT molecular complexity index is 812. The van der Waals surface area contributed by atoms with E-state index < -0.39 is 10.4 Å². The molecule has 136 valence electrons. The number of rotatable bonds is 8. The number of hydrogen-bond donors (Lipinski definition) is 1. The zero-order chi connectivity index (χ0) is 18.4. The first-order valence-corrected chi connectivity index (χ1v) is 8.93. The van der Waals surface area contributed by atoms with Gasteiger partial charge in [0.1, 0.15) is 5.69 Å². The van der Waals surface area contributed by atoms with Crippen LogP contribution < -0.4 is 9.58 Å². The first kappa shape index (κ1) is 19.0. The van der Waals surface area contributed by atoms with E-state index in [0.717, 1.165) is 5.69 Å². The van der Waals surface area contributed by atoms with Crippen LogP contribution >= 0.6 is 0 Å². The quantitative estimate of drug-likeness (QED) is 0.426. The summed E-state index contributed by atoms with van der Waals surface area (Å²) in [5, 5.41) is 12.4. The van der Waals surface area contributed by atoms with Gasteiger partial charge < -0.3 is 4.90 Å². The summed E-state index contributed by atoms with van der Waals surface area (Å²) in [6, 6.07) is 7.33. The van der Waals surface area contributed by atoms with Crippen LogP contribution in [0.1, 0.15) is 6.92 Å². The monoisotopic (exact) mass is 369 g/mol. The molecule has 0 amide bonds. The number of anilines is 1. The molecule has 11 heteroatoms. The lowest BCUT2D eigenvalue weighted by molar-refractivity contribution is -0.716. The van der Waals surface area contributed by atoms with Crippen LogP contribution in [0.25, 0.3) is 0 Å². The second-order valence-electron chi connectivity index (χ2n) is 5.21. The summed E-state index contributed by atoms with van der Waals surface area (Å²) in [6.45, 7) is 2.77. The molecule has 2 aromatic rings. The van der Waals surface area contributed by atoms with E-state index in [9.17, 15) is 8.42 Å². The van der Waals surface area contributed by atoms with Crippen molar-refractivity contribution in [2.75, 3.05) is 24.6 Å². The number of aromatic nitrogens is 3. The van der Waals surface area contributed by atoms with E-state index in [0.29, 0.717) is 24.7 Å². The lowest BCUT2D eigenvalue weighted by atomic mass is 10.2. The minimum atomic E-state index is -4.42. The highest BCUT2D eigenvalue weighted by Gasteiger charge is 2.12. The molecule has 0 bridgehead atoms. The highest BCUT2D eigenvalue weighted by molar-refractivity contribution is 7.80. The first-order valence-electron chi connectivity index (χ1n) is 7.56. The van der Waals surface area contributed by atoms with Crippen LogP contribution in [0.2, 0.25) is 0 Å². The van der Waals surface area contributed by atoms with Crippen LogP contribution in [0.4, 0.5) is 17.3 Å². The van der Waals surface area contributed by atoms with E-state index in [1.165, 1.54) is 0 Å². The van der Waals surface area contributed by atoms with Crippen molar-refractivity contribution in [3.8, 4) is 0 Å². The molecule has 0 saturated heterocycles. The van der Waals surface area contributed by atoms with E-state index in [-0.39, 0.29) is 6.61 Å². The molecule has 10 nitrogen and oxygen atoms in total. The summed E-state index contributed by atoms with van der Waals surface area (Å²) in [6.07, 6.45) is 1.64. The van der Waals surface area contributed by atoms with Gasteiger partial charge in [0.2, 0.25) is 0 Å². The lowest BCUT2D eigenvalue weighted by Crippen LogP contribution is -2.29. The van der Waals surface area contributed by atoms with E-state index in [4.69, 9.17) is 4.55 Å². The highest BCUT2D eigenvalue weighted by Crippen LogP contribution is 2.21. The summed E-state index contributed by atoms with van der Waals surface area (Å²) in [5.74, 6) is 0.613. The molecule has 0 spiro atoms. The van der Waals surface area contributed by atoms with E-state index in [1.54, 1.807) is 22.6 Å². The topological polar surface area (TPSA) is 113 Å². The molecule has 1 aromatic heterocycles. The minimum absolute atomic E-state index is 0.134. The van der Waals surface area contributed by atoms with Crippen LogP contribution in [-0.2, 0) is 28.7 Å². The van der Waals surface area contributed by atoms with Crippen molar-refractivity contribution in [1.82, 2.24) is 9.67 Å². The van der Waals surface area contributed by atoms with Gasteiger partial charge in [-0.15, -0.1) is 4.68 Å². The molecule has 0 atom stereocenters. The molecule has 0 aliphatic rings. The van der Waals surface area contributed by atoms with Crippen LogP contribution in [0.15, 0.2) is 40.8 Å². The van der Waals surface area contributed by atoms with E-state index >= 15 is 0 Å². The third kappa shape index (κ3) is 5.59. The number of hydrogen-bond acceptors (Lipinski definition) is 7. The largest absolute Gasteiger partial charge is 0.441 e. The maximum atomic E-state index is 10.6. The molecule has 0 saturated carbocycles. The fourth-order valence-electron chi connectivity index (χ4n) is 2.18. The Morgan fingerprint density at radius 2 is 2.00 bits per heavy atom. The zero-order valence-corrected chi connectivity index (χ0v) is 15.1. The Labute approximate surface area is 146 Å². The van der Waals surface area contributed by atoms with E-state index in [1.807, 2.05) is 43.1 Å². The number of benzene rings is 1. The Hall–Kier alpha value is -2.37. The fourth-order valence-corrected chi connectivity index (χ4v) is 2.46. The summed E-state index contributed by atoms with van der Waals surface area (Å²) >= 11 is 0. The summed E-state index contributed by atoms with van der Waals surface area (Å²) in [5.41, 5.74) is 1.56. The van der Waals surface area contributed by atoms with Crippen LogP contribution in [0.5, 0.6) is 0 Å². The van der Waals surface area contributed by atoms with Crippen molar-refractivity contribution < 1.29 is 21.8 Å². The fraction of sp³-hybridized carbons (Fsp3) is 0.429. The number of azo groups is 1. The molecule has 1 aromatic carbocycles. The Balaban J connectivity index is 2.02. The molecule has 25 heavy (non-hydrogen) atoms. The zero-order valence-electron chi connectivity index (χ0n) is 14.3. The molecular formula is C14H21N6O4S+. The van der Waals surface area contributed by atoms with Gasteiger partial charge in [-0.1, -0.05) is 10.2 Å². The van der Waals surface area contributed by atoms with Crippen molar-refractivity contribution in [3.05, 3.63) is 30.6 Å². The summed E-state index contributed by atoms with van der Waals surface area (Å²) in [7, 11) is -0.801. The van der Waals surface area contributed by atoms with Gasteiger partial charge in [-0.25, -0.2) is 8.75 Å². The van der Waals surface area contributed by atoms with Gasteiger partial charge >= 0.3 is 16.3 Å². The van der Waals surface area contributed by atoms with Crippen LogP contribution in [-0.4, -0.2) is 42.3 Å². The van der Waals surface area contributed by atoms with Crippen molar-refractivity contribution in [2.45, 2.75) is 6.92 Å². The number of aryl methyl sites for hydroxylation is 2. The molecule has 2 rings (SSSR count). The molecule has 1 N–H and O–H groups in total. The molecule has 0 aliphatic carbocycles. The molecule has 0 radical (unpaired) electrons. The van der Waals surface area contributed by atoms with Crippen molar-refractivity contribution in [1.29, 1.82) is 0 Å². The van der Waals surface area contributed by atoms with Crippen molar-refractivity contribution in [2.24, 2.45) is 24.3 Å².